The molecule has 2 aromatic rings. The summed E-state index contributed by atoms with van der Waals surface area (Å²) in [6.07, 6.45) is 1.92. The first-order chi connectivity index (χ1) is 13.7. The molecule has 0 aliphatic carbocycles. The standard InChI is InChI=1S/C23H31N3O2/c1-3-28-22-12-8-7-11-21(22)25-15-17-26(18-16-25)23(27)24-19(2)13-14-20-9-5-4-6-10-20/h4-12,19H,3,13-18H2,1-2H3,(H,24,27). The molecule has 0 aromatic heterocycles. The molecule has 1 atom stereocenters. The zero-order valence-corrected chi connectivity index (χ0v) is 16.9. The summed E-state index contributed by atoms with van der Waals surface area (Å²) in [6.45, 7) is 7.80. The van der Waals surface area contributed by atoms with E-state index in [1.54, 1.807) is 0 Å². The summed E-state index contributed by atoms with van der Waals surface area (Å²) in [4.78, 5) is 16.8. The van der Waals surface area contributed by atoms with Gasteiger partial charge in [-0.2, -0.15) is 0 Å². The Morgan fingerprint density at radius 1 is 1.04 bits per heavy atom. The molecule has 5 heteroatoms. The van der Waals surface area contributed by atoms with Gasteiger partial charge in [0.05, 0.1) is 12.3 Å². The third-order valence-electron chi connectivity index (χ3n) is 5.15. The molecule has 1 aliphatic rings. The second kappa shape index (κ2) is 10.0. The van der Waals surface area contributed by atoms with Crippen molar-refractivity contribution in [2.45, 2.75) is 32.7 Å². The first kappa shape index (κ1) is 20.1. The lowest BCUT2D eigenvalue weighted by Crippen LogP contribution is -2.53. The van der Waals surface area contributed by atoms with Crippen molar-refractivity contribution in [3.05, 3.63) is 60.2 Å². The van der Waals surface area contributed by atoms with Gasteiger partial charge in [-0.05, 0) is 44.4 Å². The number of hydrogen-bond acceptors (Lipinski definition) is 3. The summed E-state index contributed by atoms with van der Waals surface area (Å²) in [5, 5.41) is 3.15. The number of carbonyl (C=O) groups is 1. The highest BCUT2D eigenvalue weighted by atomic mass is 16.5. The molecule has 1 saturated heterocycles. The molecule has 28 heavy (non-hydrogen) atoms. The van der Waals surface area contributed by atoms with Crippen molar-refractivity contribution >= 4 is 11.7 Å². The zero-order valence-electron chi connectivity index (χ0n) is 16.9. The van der Waals surface area contributed by atoms with Crippen molar-refractivity contribution in [2.75, 3.05) is 37.7 Å². The first-order valence-corrected chi connectivity index (χ1v) is 10.2. The summed E-state index contributed by atoms with van der Waals surface area (Å²) in [7, 11) is 0. The van der Waals surface area contributed by atoms with E-state index in [-0.39, 0.29) is 12.1 Å². The molecule has 0 bridgehead atoms. The van der Waals surface area contributed by atoms with Gasteiger partial charge in [0.1, 0.15) is 5.75 Å². The molecule has 0 saturated carbocycles. The predicted octanol–water partition coefficient (Wildman–Crippen LogP) is 3.94. The number of amides is 2. The van der Waals surface area contributed by atoms with Crippen molar-refractivity contribution in [3.8, 4) is 5.75 Å². The maximum atomic E-state index is 12.6. The van der Waals surface area contributed by atoms with E-state index in [9.17, 15) is 4.79 Å². The Hall–Kier alpha value is -2.69. The summed E-state index contributed by atoms with van der Waals surface area (Å²) in [6, 6.07) is 18.7. The third-order valence-corrected chi connectivity index (χ3v) is 5.15. The minimum atomic E-state index is 0.0401. The molecule has 1 fully saturated rings. The van der Waals surface area contributed by atoms with Crippen molar-refractivity contribution in [2.24, 2.45) is 0 Å². The van der Waals surface area contributed by atoms with E-state index >= 15 is 0 Å². The highest BCUT2D eigenvalue weighted by molar-refractivity contribution is 5.75. The summed E-state index contributed by atoms with van der Waals surface area (Å²) < 4.78 is 5.75. The van der Waals surface area contributed by atoms with Crippen LogP contribution in [0.15, 0.2) is 54.6 Å². The zero-order chi connectivity index (χ0) is 19.8. The molecule has 2 aromatic carbocycles. The molecule has 0 spiro atoms. The van der Waals surface area contributed by atoms with Crippen LogP contribution in [0.4, 0.5) is 10.5 Å². The van der Waals surface area contributed by atoms with Crippen LogP contribution in [0.25, 0.3) is 0 Å². The maximum absolute atomic E-state index is 12.6. The number of para-hydroxylation sites is 2. The SMILES string of the molecule is CCOc1ccccc1N1CCN(C(=O)NC(C)CCc2ccccc2)CC1. The number of urea groups is 1. The number of piperazine rings is 1. The average molecular weight is 382 g/mol. The Bertz CT molecular complexity index is 743. The summed E-state index contributed by atoms with van der Waals surface area (Å²) in [5.74, 6) is 0.914. The second-order valence-electron chi connectivity index (χ2n) is 7.25. The largest absolute Gasteiger partial charge is 0.492 e. The number of hydrogen-bond donors (Lipinski definition) is 1. The Morgan fingerprint density at radius 2 is 1.71 bits per heavy atom. The lowest BCUT2D eigenvalue weighted by molar-refractivity contribution is 0.190. The second-order valence-corrected chi connectivity index (χ2v) is 7.25. The number of benzene rings is 2. The number of aryl methyl sites for hydroxylation is 1. The Balaban J connectivity index is 1.46. The van der Waals surface area contributed by atoms with Gasteiger partial charge in [-0.3, -0.25) is 0 Å². The molecule has 1 N–H and O–H groups in total. The van der Waals surface area contributed by atoms with Crippen LogP contribution in [0, 0.1) is 0 Å². The van der Waals surface area contributed by atoms with Crippen molar-refractivity contribution in [1.82, 2.24) is 10.2 Å². The number of carbonyl (C=O) groups excluding carboxylic acids is 1. The Kier molecular flexibility index (Phi) is 7.18. The molecule has 150 valence electrons. The van der Waals surface area contributed by atoms with Gasteiger partial charge in [0.25, 0.3) is 0 Å². The molecule has 1 unspecified atom stereocenters. The molecule has 2 amide bonds. The minimum Gasteiger partial charge on any atom is -0.492 e. The van der Waals surface area contributed by atoms with E-state index in [2.05, 4.69) is 47.5 Å². The third kappa shape index (κ3) is 5.41. The van der Waals surface area contributed by atoms with Gasteiger partial charge in [0.15, 0.2) is 0 Å². The molecule has 0 radical (unpaired) electrons. The summed E-state index contributed by atoms with van der Waals surface area (Å²) in [5.41, 5.74) is 2.42. The van der Waals surface area contributed by atoms with Gasteiger partial charge in [-0.15, -0.1) is 0 Å². The van der Waals surface area contributed by atoms with E-state index in [0.717, 1.165) is 50.5 Å². The first-order valence-electron chi connectivity index (χ1n) is 10.2. The van der Waals surface area contributed by atoms with Gasteiger partial charge in [-0.1, -0.05) is 42.5 Å². The van der Waals surface area contributed by atoms with E-state index in [1.807, 2.05) is 36.1 Å². The van der Waals surface area contributed by atoms with Crippen molar-refractivity contribution in [1.29, 1.82) is 0 Å². The Morgan fingerprint density at radius 3 is 2.43 bits per heavy atom. The van der Waals surface area contributed by atoms with Crippen LogP contribution >= 0.6 is 0 Å². The molecular weight excluding hydrogens is 350 g/mol. The van der Waals surface area contributed by atoms with E-state index < -0.39 is 0 Å². The fourth-order valence-electron chi connectivity index (χ4n) is 3.55. The highest BCUT2D eigenvalue weighted by Crippen LogP contribution is 2.28. The van der Waals surface area contributed by atoms with Crippen LogP contribution in [0.2, 0.25) is 0 Å². The number of anilines is 1. The minimum absolute atomic E-state index is 0.0401. The fraction of sp³-hybridized carbons (Fsp3) is 0.435. The van der Waals surface area contributed by atoms with Gasteiger partial charge >= 0.3 is 6.03 Å². The molecule has 1 heterocycles. The quantitative estimate of drug-likeness (QED) is 0.790. The number of nitrogens with zero attached hydrogens (tertiary/aromatic N) is 2. The van der Waals surface area contributed by atoms with Crippen LogP contribution in [0.1, 0.15) is 25.8 Å². The van der Waals surface area contributed by atoms with E-state index in [0.29, 0.717) is 6.61 Å². The monoisotopic (exact) mass is 381 g/mol. The van der Waals surface area contributed by atoms with Gasteiger partial charge in [0, 0.05) is 32.2 Å². The van der Waals surface area contributed by atoms with Crippen LogP contribution in [-0.4, -0.2) is 49.8 Å². The van der Waals surface area contributed by atoms with Crippen molar-refractivity contribution < 1.29 is 9.53 Å². The molecular formula is C23H31N3O2. The van der Waals surface area contributed by atoms with E-state index in [1.165, 1.54) is 5.56 Å². The maximum Gasteiger partial charge on any atom is 0.317 e. The van der Waals surface area contributed by atoms with Crippen LogP contribution < -0.4 is 15.0 Å². The Labute approximate surface area is 168 Å². The van der Waals surface area contributed by atoms with Gasteiger partial charge in [0.2, 0.25) is 0 Å². The lowest BCUT2D eigenvalue weighted by Gasteiger charge is -2.37. The summed E-state index contributed by atoms with van der Waals surface area (Å²) >= 11 is 0. The average Bonchev–Trinajstić information content (AvgIpc) is 2.74. The van der Waals surface area contributed by atoms with Crippen LogP contribution in [-0.2, 0) is 6.42 Å². The normalized spacial score (nSPS) is 15.2. The molecule has 5 nitrogen and oxygen atoms in total. The van der Waals surface area contributed by atoms with E-state index in [4.69, 9.17) is 4.74 Å². The van der Waals surface area contributed by atoms with Crippen LogP contribution in [0.5, 0.6) is 5.75 Å². The molecule has 1 aliphatic heterocycles. The predicted molar refractivity (Wildman–Crippen MR) is 114 cm³/mol. The number of nitrogens with one attached hydrogen (secondary N) is 1. The topological polar surface area (TPSA) is 44.8 Å². The lowest BCUT2D eigenvalue weighted by atomic mass is 10.1. The number of rotatable bonds is 7. The van der Waals surface area contributed by atoms with Gasteiger partial charge in [-0.25, -0.2) is 4.79 Å². The van der Waals surface area contributed by atoms with Crippen molar-refractivity contribution in [3.63, 3.8) is 0 Å². The highest BCUT2D eigenvalue weighted by Gasteiger charge is 2.23. The fourth-order valence-corrected chi connectivity index (χ4v) is 3.55. The van der Waals surface area contributed by atoms with Gasteiger partial charge < -0.3 is 19.9 Å². The molecule has 3 rings (SSSR count). The smallest absolute Gasteiger partial charge is 0.317 e. The van der Waals surface area contributed by atoms with Crippen LogP contribution in [0.3, 0.4) is 0 Å². The number of ether oxygens (including phenoxy) is 1.